The lowest BCUT2D eigenvalue weighted by molar-refractivity contribution is 0.102. The van der Waals surface area contributed by atoms with Crippen LogP contribution in [0.1, 0.15) is 36.7 Å². The largest absolute Gasteiger partial charge is 0.497 e. The smallest absolute Gasteiger partial charge is 0.192 e. The molecule has 0 amide bonds. The number of rotatable bonds is 8. The van der Waals surface area contributed by atoms with E-state index >= 15 is 0 Å². The van der Waals surface area contributed by atoms with Crippen LogP contribution in [0.2, 0.25) is 0 Å². The van der Waals surface area contributed by atoms with Crippen LogP contribution in [0.25, 0.3) is 11.4 Å². The molecule has 0 saturated heterocycles. The van der Waals surface area contributed by atoms with E-state index < -0.39 is 0 Å². The van der Waals surface area contributed by atoms with E-state index in [2.05, 4.69) is 61.8 Å². The van der Waals surface area contributed by atoms with E-state index in [1.807, 2.05) is 10.6 Å². The van der Waals surface area contributed by atoms with Crippen LogP contribution in [-0.4, -0.2) is 33.4 Å². The lowest BCUT2D eigenvalue weighted by Crippen LogP contribution is -2.10. The van der Waals surface area contributed by atoms with E-state index in [0.29, 0.717) is 17.3 Å². The van der Waals surface area contributed by atoms with Crippen LogP contribution in [0.4, 0.5) is 0 Å². The SMILES string of the molecule is C=CCn1c(SCC(=O)c2ccc(OC)cc2)nnc1-c1ccc(C(C)(C)C)cc1. The van der Waals surface area contributed by atoms with Gasteiger partial charge in [0.05, 0.1) is 12.9 Å². The number of ether oxygens (including phenoxy) is 1. The molecule has 30 heavy (non-hydrogen) atoms. The molecule has 0 saturated carbocycles. The predicted octanol–water partition coefficient (Wildman–Crippen LogP) is 5.41. The highest BCUT2D eigenvalue weighted by atomic mass is 32.2. The molecule has 0 spiro atoms. The lowest BCUT2D eigenvalue weighted by Gasteiger charge is -2.19. The molecule has 3 rings (SSSR count). The van der Waals surface area contributed by atoms with E-state index in [4.69, 9.17) is 4.74 Å². The van der Waals surface area contributed by atoms with Crippen molar-refractivity contribution in [3.8, 4) is 17.1 Å². The maximum absolute atomic E-state index is 12.6. The van der Waals surface area contributed by atoms with Crippen molar-refractivity contribution < 1.29 is 9.53 Å². The van der Waals surface area contributed by atoms with E-state index in [1.54, 1.807) is 31.4 Å². The third-order valence-electron chi connectivity index (χ3n) is 4.78. The summed E-state index contributed by atoms with van der Waals surface area (Å²) in [4.78, 5) is 12.6. The van der Waals surface area contributed by atoms with Crippen LogP contribution in [-0.2, 0) is 12.0 Å². The molecule has 3 aromatic rings. The van der Waals surface area contributed by atoms with Crippen LogP contribution in [0.3, 0.4) is 0 Å². The Labute approximate surface area is 182 Å². The number of aromatic nitrogens is 3. The first-order valence-electron chi connectivity index (χ1n) is 9.78. The monoisotopic (exact) mass is 421 g/mol. The average Bonchev–Trinajstić information content (AvgIpc) is 3.14. The van der Waals surface area contributed by atoms with Crippen molar-refractivity contribution >= 4 is 17.5 Å². The van der Waals surface area contributed by atoms with E-state index in [-0.39, 0.29) is 17.0 Å². The van der Waals surface area contributed by atoms with Crippen molar-refractivity contribution in [2.45, 2.75) is 37.9 Å². The van der Waals surface area contributed by atoms with Gasteiger partial charge in [-0.25, -0.2) is 0 Å². The van der Waals surface area contributed by atoms with Gasteiger partial charge < -0.3 is 4.74 Å². The summed E-state index contributed by atoms with van der Waals surface area (Å²) in [5, 5.41) is 9.42. The number of carbonyl (C=O) groups is 1. The fourth-order valence-electron chi connectivity index (χ4n) is 3.01. The molecule has 0 bridgehead atoms. The quantitative estimate of drug-likeness (QED) is 0.276. The molecule has 0 N–H and O–H groups in total. The molecule has 0 fully saturated rings. The third kappa shape index (κ3) is 5.00. The van der Waals surface area contributed by atoms with Crippen LogP contribution in [0.15, 0.2) is 66.3 Å². The summed E-state index contributed by atoms with van der Waals surface area (Å²) < 4.78 is 7.14. The molecule has 0 atom stereocenters. The Bertz CT molecular complexity index is 1020. The first kappa shape index (κ1) is 21.8. The highest BCUT2D eigenvalue weighted by molar-refractivity contribution is 7.99. The van der Waals surface area contributed by atoms with Crippen molar-refractivity contribution in [2.24, 2.45) is 0 Å². The van der Waals surface area contributed by atoms with Crippen LogP contribution in [0, 0.1) is 0 Å². The molecule has 5 nitrogen and oxygen atoms in total. The Morgan fingerprint density at radius 1 is 1.10 bits per heavy atom. The first-order valence-corrected chi connectivity index (χ1v) is 10.8. The zero-order valence-corrected chi connectivity index (χ0v) is 18.7. The van der Waals surface area contributed by atoms with E-state index in [0.717, 1.165) is 17.1 Å². The predicted molar refractivity (Wildman–Crippen MR) is 122 cm³/mol. The number of methoxy groups -OCH3 is 1. The van der Waals surface area contributed by atoms with Crippen molar-refractivity contribution in [1.82, 2.24) is 14.8 Å². The van der Waals surface area contributed by atoms with Gasteiger partial charge in [-0.05, 0) is 35.2 Å². The second-order valence-corrected chi connectivity index (χ2v) is 8.92. The summed E-state index contributed by atoms with van der Waals surface area (Å²) in [7, 11) is 1.60. The van der Waals surface area contributed by atoms with E-state index in [9.17, 15) is 4.79 Å². The Morgan fingerprint density at radius 3 is 2.33 bits per heavy atom. The van der Waals surface area contributed by atoms with E-state index in [1.165, 1.54) is 17.3 Å². The molecule has 0 aliphatic rings. The van der Waals surface area contributed by atoms with Gasteiger partial charge in [0.25, 0.3) is 0 Å². The molecule has 0 radical (unpaired) electrons. The van der Waals surface area contributed by atoms with Crippen molar-refractivity contribution in [2.75, 3.05) is 12.9 Å². The fraction of sp³-hybridized carbons (Fsp3) is 0.292. The van der Waals surface area contributed by atoms with Gasteiger partial charge >= 0.3 is 0 Å². The standard InChI is InChI=1S/C24H27N3O2S/c1-6-15-27-22(18-7-11-19(12-8-18)24(2,3)4)25-26-23(27)30-16-21(28)17-9-13-20(29-5)14-10-17/h6-14H,1,15-16H2,2-5H3. The van der Waals surface area contributed by atoms with Crippen molar-refractivity contribution in [3.63, 3.8) is 0 Å². The Kier molecular flexibility index (Phi) is 6.77. The van der Waals surface area contributed by atoms with Crippen LogP contribution < -0.4 is 4.74 Å². The number of hydrogen-bond donors (Lipinski definition) is 0. The third-order valence-corrected chi connectivity index (χ3v) is 5.75. The van der Waals surface area contributed by atoms with Gasteiger partial charge in [-0.3, -0.25) is 9.36 Å². The summed E-state index contributed by atoms with van der Waals surface area (Å²) in [5.74, 6) is 1.82. The molecule has 0 unspecified atom stereocenters. The minimum Gasteiger partial charge on any atom is -0.497 e. The van der Waals surface area contributed by atoms with Gasteiger partial charge in [-0.15, -0.1) is 16.8 Å². The molecule has 1 heterocycles. The van der Waals surface area contributed by atoms with Gasteiger partial charge in [0.1, 0.15) is 5.75 Å². The van der Waals surface area contributed by atoms with Gasteiger partial charge in [-0.1, -0.05) is 62.9 Å². The fourth-order valence-corrected chi connectivity index (χ4v) is 3.85. The Balaban J connectivity index is 1.78. The number of ketones is 1. The topological polar surface area (TPSA) is 57.0 Å². The number of allylic oxidation sites excluding steroid dienone is 1. The molecule has 6 heteroatoms. The second-order valence-electron chi connectivity index (χ2n) is 7.97. The maximum atomic E-state index is 12.6. The second kappa shape index (κ2) is 9.30. The summed E-state index contributed by atoms with van der Waals surface area (Å²) in [6.07, 6.45) is 1.81. The van der Waals surface area contributed by atoms with Gasteiger partial charge in [0, 0.05) is 17.7 Å². The minimum atomic E-state index is 0.0342. The maximum Gasteiger partial charge on any atom is 0.192 e. The lowest BCUT2D eigenvalue weighted by atomic mass is 9.87. The Hall–Kier alpha value is -2.86. The van der Waals surface area contributed by atoms with Crippen LogP contribution >= 0.6 is 11.8 Å². The highest BCUT2D eigenvalue weighted by Crippen LogP contribution is 2.28. The zero-order chi connectivity index (χ0) is 21.7. The van der Waals surface area contributed by atoms with Crippen molar-refractivity contribution in [3.05, 3.63) is 72.3 Å². The molecule has 1 aromatic heterocycles. The van der Waals surface area contributed by atoms with Gasteiger partial charge in [0.2, 0.25) is 0 Å². The number of carbonyl (C=O) groups excluding carboxylic acids is 1. The number of hydrogen-bond acceptors (Lipinski definition) is 5. The van der Waals surface area contributed by atoms with Gasteiger partial charge in [-0.2, -0.15) is 0 Å². The highest BCUT2D eigenvalue weighted by Gasteiger charge is 2.17. The summed E-state index contributed by atoms with van der Waals surface area (Å²) in [5.41, 5.74) is 3.00. The number of Topliss-reactive ketones (excluding diaryl/α,β-unsaturated/α-hetero) is 1. The molecule has 0 aliphatic carbocycles. The molecule has 156 valence electrons. The molecule has 2 aromatic carbocycles. The van der Waals surface area contributed by atoms with Crippen molar-refractivity contribution in [1.29, 1.82) is 0 Å². The molecular weight excluding hydrogens is 394 g/mol. The number of benzene rings is 2. The summed E-state index contributed by atoms with van der Waals surface area (Å²) in [6.45, 7) is 11.0. The average molecular weight is 422 g/mol. The number of thioether (sulfide) groups is 1. The first-order chi connectivity index (χ1) is 14.3. The van der Waals surface area contributed by atoms with Crippen LogP contribution in [0.5, 0.6) is 5.75 Å². The normalized spacial score (nSPS) is 11.3. The zero-order valence-electron chi connectivity index (χ0n) is 17.9. The minimum absolute atomic E-state index is 0.0342. The summed E-state index contributed by atoms with van der Waals surface area (Å²) in [6, 6.07) is 15.5. The summed E-state index contributed by atoms with van der Waals surface area (Å²) >= 11 is 1.38. The number of nitrogens with zero attached hydrogens (tertiary/aromatic N) is 3. The molecular formula is C24H27N3O2S. The van der Waals surface area contributed by atoms with Gasteiger partial charge in [0.15, 0.2) is 16.8 Å². The molecule has 0 aliphatic heterocycles. The Morgan fingerprint density at radius 2 is 1.77 bits per heavy atom.